The highest BCUT2D eigenvalue weighted by Crippen LogP contribution is 2.51. The molecule has 11 heteroatoms. The Balaban J connectivity index is 1.34. The predicted octanol–water partition coefficient (Wildman–Crippen LogP) is 2.05. The van der Waals surface area contributed by atoms with Gasteiger partial charge in [0.15, 0.2) is 0 Å². The molecule has 3 aliphatic heterocycles. The fourth-order valence-electron chi connectivity index (χ4n) is 6.15. The van der Waals surface area contributed by atoms with Crippen LogP contribution in [0.4, 0.5) is 13.2 Å². The Morgan fingerprint density at radius 1 is 1.41 bits per heavy atom. The minimum Gasteiger partial charge on any atom is -0.379 e. The number of fused-ring (bicyclic) bond motifs is 2. The Labute approximate surface area is 199 Å². The first-order chi connectivity index (χ1) is 16.2. The normalized spacial score (nSPS) is 35.8. The van der Waals surface area contributed by atoms with Gasteiger partial charge in [-0.1, -0.05) is 0 Å². The number of amides is 1. The van der Waals surface area contributed by atoms with Crippen LogP contribution >= 0.6 is 0 Å². The molecule has 1 saturated carbocycles. The number of nitrogens with one attached hydrogen (secondary N) is 1. The van der Waals surface area contributed by atoms with Crippen molar-refractivity contribution in [1.82, 2.24) is 15.2 Å². The average molecular weight is 502 g/mol. The van der Waals surface area contributed by atoms with E-state index in [1.807, 2.05) is 0 Å². The summed E-state index contributed by atoms with van der Waals surface area (Å²) in [6.07, 6.45) is -0.676. The Morgan fingerprint density at radius 2 is 2.24 bits per heavy atom. The largest absolute Gasteiger partial charge is 0.417 e. The molecular weight excluding hydrogens is 471 g/mol. The molecule has 5 rings (SSSR count). The lowest BCUT2D eigenvalue weighted by Gasteiger charge is -2.37. The minimum absolute atomic E-state index is 0.0366. The molecule has 3 fully saturated rings. The molecule has 4 aliphatic rings. The van der Waals surface area contributed by atoms with E-state index in [0.29, 0.717) is 62.5 Å². The fourth-order valence-corrected chi connectivity index (χ4v) is 8.27. The van der Waals surface area contributed by atoms with Crippen molar-refractivity contribution in [3.05, 3.63) is 29.1 Å². The van der Waals surface area contributed by atoms with E-state index in [9.17, 15) is 22.2 Å². The monoisotopic (exact) mass is 501 g/mol. The van der Waals surface area contributed by atoms with Crippen LogP contribution in [0.2, 0.25) is 0 Å². The summed E-state index contributed by atoms with van der Waals surface area (Å²) in [6, 6.07) is 1.25. The molecular formula is C23H30F3N3O4S. The van der Waals surface area contributed by atoms with Crippen molar-refractivity contribution < 1.29 is 31.6 Å². The quantitative estimate of drug-likeness (QED) is 0.681. The van der Waals surface area contributed by atoms with Crippen LogP contribution in [0.15, 0.2) is 12.3 Å². The molecule has 1 amide bonds. The molecule has 2 saturated heterocycles. The van der Waals surface area contributed by atoms with Gasteiger partial charge in [0.05, 0.1) is 28.9 Å². The van der Waals surface area contributed by atoms with Crippen LogP contribution in [0.25, 0.3) is 0 Å². The molecule has 34 heavy (non-hydrogen) atoms. The van der Waals surface area contributed by atoms with Crippen LogP contribution in [0.5, 0.6) is 0 Å². The number of methoxy groups -OCH3 is 1. The van der Waals surface area contributed by atoms with Crippen molar-refractivity contribution in [2.75, 3.05) is 32.6 Å². The molecule has 188 valence electrons. The lowest BCUT2D eigenvalue weighted by atomic mass is 9.80. The molecule has 7 nitrogen and oxygen atoms in total. The summed E-state index contributed by atoms with van der Waals surface area (Å²) in [7, 11) is 0.562. The molecule has 0 bridgehead atoms. The molecule has 1 N–H and O–H groups in total. The number of aromatic nitrogens is 1. The number of ether oxygens (including phenoxy) is 2. The summed E-state index contributed by atoms with van der Waals surface area (Å²) in [5, 5.41) is 3.41. The zero-order valence-electron chi connectivity index (χ0n) is 19.1. The Kier molecular flexibility index (Phi) is 6.50. The van der Waals surface area contributed by atoms with Gasteiger partial charge in [0.1, 0.15) is 0 Å². The predicted molar refractivity (Wildman–Crippen MR) is 118 cm³/mol. The van der Waals surface area contributed by atoms with Gasteiger partial charge in [-0.25, -0.2) is 0 Å². The zero-order valence-corrected chi connectivity index (χ0v) is 19.9. The second-order valence-corrected chi connectivity index (χ2v) is 11.6. The zero-order chi connectivity index (χ0) is 24.1. The van der Waals surface area contributed by atoms with Crippen LogP contribution in [0.1, 0.15) is 42.5 Å². The van der Waals surface area contributed by atoms with E-state index in [1.165, 1.54) is 0 Å². The van der Waals surface area contributed by atoms with Crippen molar-refractivity contribution in [3.8, 4) is 0 Å². The van der Waals surface area contributed by atoms with E-state index >= 15 is 0 Å². The number of alkyl halides is 3. The van der Waals surface area contributed by atoms with E-state index < -0.39 is 28.0 Å². The maximum Gasteiger partial charge on any atom is 0.417 e. The number of halogens is 3. The van der Waals surface area contributed by atoms with Gasteiger partial charge < -0.3 is 19.7 Å². The van der Waals surface area contributed by atoms with Gasteiger partial charge in [-0.05, 0) is 37.3 Å². The molecule has 0 aromatic carbocycles. The SMILES string of the molecule is COC1COCCC1N[C@@H]1C[C@H]2S(=O)CC[C@@]2(C(=O)N2CCc3ncc(C(F)(F)F)cc3C2)C1. The number of carbonyl (C=O) groups excluding carboxylic acids is 1. The Hall–Kier alpha value is -1.56. The standard InChI is InChI=1S/C23H30F3N3O4S/c1-32-19-13-33-6-3-18(19)28-16-9-20-22(10-16,4-7-34(20)31)21(30)29-5-2-17-14(12-29)8-15(11-27-17)23(24,25)26/h8,11,16,18-20,28H,2-7,9-10,12-13H2,1H3/t16-,18?,19?,20-,22-,34?/m1/s1. The molecule has 1 aromatic heterocycles. The molecule has 3 unspecified atom stereocenters. The van der Waals surface area contributed by atoms with E-state index in [0.717, 1.165) is 18.7 Å². The van der Waals surface area contributed by atoms with Gasteiger partial charge in [0.25, 0.3) is 0 Å². The minimum atomic E-state index is -4.48. The van der Waals surface area contributed by atoms with Gasteiger partial charge in [-0.15, -0.1) is 0 Å². The number of carbonyl (C=O) groups is 1. The van der Waals surface area contributed by atoms with Crippen molar-refractivity contribution in [1.29, 1.82) is 0 Å². The summed E-state index contributed by atoms with van der Waals surface area (Å²) >= 11 is 0. The third kappa shape index (κ3) is 4.29. The average Bonchev–Trinajstić information content (AvgIpc) is 3.34. The van der Waals surface area contributed by atoms with Crippen molar-refractivity contribution in [3.63, 3.8) is 0 Å². The van der Waals surface area contributed by atoms with E-state index in [1.54, 1.807) is 12.0 Å². The van der Waals surface area contributed by atoms with E-state index in [2.05, 4.69) is 10.3 Å². The highest BCUT2D eigenvalue weighted by atomic mass is 32.2. The van der Waals surface area contributed by atoms with Crippen molar-refractivity contribution in [2.24, 2.45) is 5.41 Å². The van der Waals surface area contributed by atoms with Crippen LogP contribution < -0.4 is 5.32 Å². The Morgan fingerprint density at radius 3 is 3.00 bits per heavy atom. The van der Waals surface area contributed by atoms with Gasteiger partial charge in [0, 0.05) is 73.8 Å². The summed E-state index contributed by atoms with van der Waals surface area (Å²) in [6.45, 7) is 1.68. The number of hydrogen-bond donors (Lipinski definition) is 1. The number of rotatable bonds is 4. The van der Waals surface area contributed by atoms with Crippen molar-refractivity contribution >= 4 is 16.7 Å². The highest BCUT2D eigenvalue weighted by Gasteiger charge is 2.59. The molecule has 0 radical (unpaired) electrons. The number of pyridine rings is 1. The molecule has 1 aromatic rings. The van der Waals surface area contributed by atoms with Crippen molar-refractivity contribution in [2.45, 2.75) is 68.3 Å². The van der Waals surface area contributed by atoms with Crippen LogP contribution in [0, 0.1) is 5.41 Å². The summed E-state index contributed by atoms with van der Waals surface area (Å²) < 4.78 is 63.5. The van der Waals surface area contributed by atoms with E-state index in [4.69, 9.17) is 9.47 Å². The summed E-state index contributed by atoms with van der Waals surface area (Å²) in [5.41, 5.74) is -0.479. The summed E-state index contributed by atoms with van der Waals surface area (Å²) in [5.74, 6) is 0.414. The first-order valence-corrected chi connectivity index (χ1v) is 13.2. The lowest BCUT2D eigenvalue weighted by molar-refractivity contribution is -0.142. The van der Waals surface area contributed by atoms with E-state index in [-0.39, 0.29) is 35.9 Å². The first kappa shape index (κ1) is 24.1. The molecule has 1 aliphatic carbocycles. The maximum absolute atomic E-state index is 13.9. The third-order valence-corrected chi connectivity index (χ3v) is 9.81. The van der Waals surface area contributed by atoms with Crippen LogP contribution in [-0.4, -0.2) is 76.1 Å². The first-order valence-electron chi connectivity index (χ1n) is 11.8. The Bertz CT molecular complexity index is 977. The molecule has 6 atom stereocenters. The third-order valence-electron chi connectivity index (χ3n) is 7.93. The second kappa shape index (κ2) is 9.15. The summed E-state index contributed by atoms with van der Waals surface area (Å²) in [4.78, 5) is 19.5. The number of hydrogen-bond acceptors (Lipinski definition) is 6. The lowest BCUT2D eigenvalue weighted by Crippen LogP contribution is -2.51. The molecule has 4 heterocycles. The fraction of sp³-hybridized carbons (Fsp3) is 0.739. The van der Waals surface area contributed by atoms with Gasteiger partial charge in [-0.3, -0.25) is 14.0 Å². The smallest absolute Gasteiger partial charge is 0.379 e. The van der Waals surface area contributed by atoms with Gasteiger partial charge >= 0.3 is 6.18 Å². The molecule has 0 spiro atoms. The second-order valence-electron chi connectivity index (χ2n) is 9.83. The van der Waals surface area contributed by atoms with Crippen LogP contribution in [0.3, 0.4) is 0 Å². The van der Waals surface area contributed by atoms with Gasteiger partial charge in [0.2, 0.25) is 5.91 Å². The maximum atomic E-state index is 13.9. The topological polar surface area (TPSA) is 80.8 Å². The van der Waals surface area contributed by atoms with Crippen LogP contribution in [-0.2, 0) is 44.2 Å². The number of nitrogens with zero attached hydrogens (tertiary/aromatic N) is 2. The highest BCUT2D eigenvalue weighted by molar-refractivity contribution is 7.86. The van der Waals surface area contributed by atoms with Gasteiger partial charge in [-0.2, -0.15) is 13.2 Å².